The summed E-state index contributed by atoms with van der Waals surface area (Å²) in [5.74, 6) is 0.895. The van der Waals surface area contributed by atoms with Gasteiger partial charge in [0.2, 0.25) is 10.0 Å². The van der Waals surface area contributed by atoms with Crippen LogP contribution in [0.25, 0.3) is 0 Å². The minimum absolute atomic E-state index is 0.334. The molecular weight excluding hydrogens is 308 g/mol. The van der Waals surface area contributed by atoms with Gasteiger partial charge in [0.05, 0.1) is 38.9 Å². The first-order valence-corrected chi connectivity index (χ1v) is 9.23. The Bertz CT molecular complexity index is 588. The molecule has 2 aliphatic heterocycles. The zero-order valence-electron chi connectivity index (χ0n) is 12.7. The molecule has 0 saturated carbocycles. The lowest BCUT2D eigenvalue weighted by Gasteiger charge is -2.42. The zero-order valence-corrected chi connectivity index (χ0v) is 13.5. The van der Waals surface area contributed by atoms with Crippen LogP contribution in [0.3, 0.4) is 0 Å². The molecule has 8 heteroatoms. The number of nitrogens with zero attached hydrogens (tertiary/aromatic N) is 2. The molecule has 0 amide bonds. The van der Waals surface area contributed by atoms with Crippen molar-refractivity contribution in [3.8, 4) is 0 Å². The third-order valence-electron chi connectivity index (χ3n) is 4.07. The fourth-order valence-electron chi connectivity index (χ4n) is 3.02. The summed E-state index contributed by atoms with van der Waals surface area (Å²) in [5.41, 5.74) is -0.607. The molecule has 3 heterocycles. The van der Waals surface area contributed by atoms with Crippen LogP contribution < -0.4 is 0 Å². The predicted molar refractivity (Wildman–Crippen MR) is 79.9 cm³/mol. The Morgan fingerprint density at radius 3 is 2.86 bits per heavy atom. The summed E-state index contributed by atoms with van der Waals surface area (Å²) < 4.78 is 42.2. The molecule has 0 radical (unpaired) electrons. The Hall–Kier alpha value is -0.930. The lowest BCUT2D eigenvalue weighted by atomic mass is 10.0. The number of ether oxygens (including phenoxy) is 2. The third kappa shape index (κ3) is 3.69. The molecule has 0 aromatic carbocycles. The Kier molecular flexibility index (Phi) is 4.56. The van der Waals surface area contributed by atoms with E-state index in [2.05, 4.69) is 4.90 Å². The normalized spacial score (nSPS) is 28.8. The SMILES string of the molecule is CS(=O)(=O)N1CCOCC2(CN(Cc3ccco3)CCO2)C1. The van der Waals surface area contributed by atoms with Crippen molar-refractivity contribution >= 4 is 10.0 Å². The highest BCUT2D eigenvalue weighted by molar-refractivity contribution is 7.88. The van der Waals surface area contributed by atoms with Crippen molar-refractivity contribution in [3.05, 3.63) is 24.2 Å². The minimum atomic E-state index is -3.26. The smallest absolute Gasteiger partial charge is 0.211 e. The second kappa shape index (κ2) is 6.29. The third-order valence-corrected chi connectivity index (χ3v) is 5.32. The van der Waals surface area contributed by atoms with E-state index in [4.69, 9.17) is 13.9 Å². The van der Waals surface area contributed by atoms with Crippen molar-refractivity contribution in [1.29, 1.82) is 0 Å². The molecule has 0 aliphatic carbocycles. The van der Waals surface area contributed by atoms with Crippen molar-refractivity contribution in [2.24, 2.45) is 0 Å². The molecule has 0 bridgehead atoms. The first-order chi connectivity index (χ1) is 10.5. The number of morpholine rings is 1. The van der Waals surface area contributed by atoms with E-state index in [9.17, 15) is 8.42 Å². The summed E-state index contributed by atoms with van der Waals surface area (Å²) in [7, 11) is -3.26. The number of furan rings is 1. The monoisotopic (exact) mass is 330 g/mol. The summed E-state index contributed by atoms with van der Waals surface area (Å²) in [5, 5.41) is 0. The standard InChI is InChI=1S/C14H22N2O5S/c1-22(17,18)16-5-7-19-12-14(11-16)10-15(4-8-21-14)9-13-3-2-6-20-13/h2-3,6H,4-5,7-12H2,1H3. The fourth-order valence-corrected chi connectivity index (χ4v) is 3.89. The Labute approximate surface area is 130 Å². The lowest BCUT2D eigenvalue weighted by molar-refractivity contribution is -0.140. The largest absolute Gasteiger partial charge is 0.468 e. The molecule has 1 aromatic heterocycles. The molecule has 1 unspecified atom stereocenters. The van der Waals surface area contributed by atoms with Crippen molar-refractivity contribution in [2.75, 3.05) is 52.3 Å². The van der Waals surface area contributed by atoms with Gasteiger partial charge in [-0.05, 0) is 12.1 Å². The molecule has 3 rings (SSSR count). The van der Waals surface area contributed by atoms with E-state index in [1.807, 2.05) is 12.1 Å². The summed E-state index contributed by atoms with van der Waals surface area (Å²) in [6.07, 6.45) is 2.89. The van der Waals surface area contributed by atoms with E-state index in [1.165, 1.54) is 10.6 Å². The van der Waals surface area contributed by atoms with Crippen LogP contribution >= 0.6 is 0 Å². The molecule has 2 aliphatic rings. The second-order valence-electron chi connectivity index (χ2n) is 5.97. The van der Waals surface area contributed by atoms with Crippen molar-refractivity contribution < 1.29 is 22.3 Å². The highest BCUT2D eigenvalue weighted by Gasteiger charge is 2.42. The summed E-state index contributed by atoms with van der Waals surface area (Å²) in [6, 6.07) is 3.81. The molecule has 1 aromatic rings. The first kappa shape index (κ1) is 15.9. The van der Waals surface area contributed by atoms with Gasteiger partial charge in [-0.15, -0.1) is 0 Å². The van der Waals surface area contributed by atoms with Gasteiger partial charge in [0.25, 0.3) is 0 Å². The predicted octanol–water partition coefficient (Wildman–Crippen LogP) is 0.142. The summed E-state index contributed by atoms with van der Waals surface area (Å²) in [6.45, 7) is 4.19. The van der Waals surface area contributed by atoms with Gasteiger partial charge < -0.3 is 13.9 Å². The van der Waals surface area contributed by atoms with Gasteiger partial charge in [-0.25, -0.2) is 8.42 Å². The average Bonchev–Trinajstić information content (AvgIpc) is 2.86. The van der Waals surface area contributed by atoms with Gasteiger partial charge >= 0.3 is 0 Å². The summed E-state index contributed by atoms with van der Waals surface area (Å²) >= 11 is 0. The number of sulfonamides is 1. The molecule has 124 valence electrons. The second-order valence-corrected chi connectivity index (χ2v) is 7.95. The maximum absolute atomic E-state index is 11.9. The molecule has 2 fully saturated rings. The summed E-state index contributed by atoms with van der Waals surface area (Å²) in [4.78, 5) is 2.22. The molecule has 2 saturated heterocycles. The van der Waals surface area contributed by atoms with E-state index in [1.54, 1.807) is 6.26 Å². The molecule has 1 spiro atoms. The van der Waals surface area contributed by atoms with Crippen LogP contribution in [0.4, 0.5) is 0 Å². The van der Waals surface area contributed by atoms with E-state index >= 15 is 0 Å². The molecule has 0 N–H and O–H groups in total. The Morgan fingerprint density at radius 2 is 2.14 bits per heavy atom. The van der Waals surface area contributed by atoms with Crippen LogP contribution in [0.15, 0.2) is 22.8 Å². The van der Waals surface area contributed by atoms with E-state index in [0.717, 1.165) is 12.3 Å². The maximum atomic E-state index is 11.9. The van der Waals surface area contributed by atoms with Gasteiger partial charge in [-0.3, -0.25) is 4.90 Å². The Morgan fingerprint density at radius 1 is 1.27 bits per heavy atom. The van der Waals surface area contributed by atoms with Gasteiger partial charge in [-0.2, -0.15) is 4.31 Å². The van der Waals surface area contributed by atoms with Crippen LogP contribution in [-0.4, -0.2) is 75.5 Å². The van der Waals surface area contributed by atoms with Crippen LogP contribution in [0.5, 0.6) is 0 Å². The van der Waals surface area contributed by atoms with E-state index < -0.39 is 15.6 Å². The Balaban J connectivity index is 1.72. The fraction of sp³-hybridized carbons (Fsp3) is 0.714. The van der Waals surface area contributed by atoms with Crippen LogP contribution in [-0.2, 0) is 26.0 Å². The number of hydrogen-bond acceptors (Lipinski definition) is 6. The van der Waals surface area contributed by atoms with Crippen LogP contribution in [0.2, 0.25) is 0 Å². The van der Waals surface area contributed by atoms with Crippen LogP contribution in [0.1, 0.15) is 5.76 Å². The quantitative estimate of drug-likeness (QED) is 0.785. The zero-order chi connectivity index (χ0) is 15.6. The van der Waals surface area contributed by atoms with Gasteiger partial charge in [-0.1, -0.05) is 0 Å². The molecule has 1 atom stereocenters. The number of rotatable bonds is 3. The van der Waals surface area contributed by atoms with Crippen molar-refractivity contribution in [2.45, 2.75) is 12.1 Å². The van der Waals surface area contributed by atoms with Gasteiger partial charge in [0, 0.05) is 26.2 Å². The minimum Gasteiger partial charge on any atom is -0.468 e. The van der Waals surface area contributed by atoms with E-state index in [0.29, 0.717) is 46.0 Å². The van der Waals surface area contributed by atoms with Gasteiger partial charge in [0.1, 0.15) is 11.4 Å². The maximum Gasteiger partial charge on any atom is 0.211 e. The molecular formula is C14H22N2O5S. The van der Waals surface area contributed by atoms with E-state index in [-0.39, 0.29) is 0 Å². The average molecular weight is 330 g/mol. The highest BCUT2D eigenvalue weighted by atomic mass is 32.2. The molecule has 22 heavy (non-hydrogen) atoms. The number of hydrogen-bond donors (Lipinski definition) is 0. The highest BCUT2D eigenvalue weighted by Crippen LogP contribution is 2.24. The van der Waals surface area contributed by atoms with Crippen molar-refractivity contribution in [1.82, 2.24) is 9.21 Å². The van der Waals surface area contributed by atoms with Crippen molar-refractivity contribution in [3.63, 3.8) is 0 Å². The van der Waals surface area contributed by atoms with Crippen LogP contribution in [0, 0.1) is 0 Å². The van der Waals surface area contributed by atoms with Gasteiger partial charge in [0.15, 0.2) is 0 Å². The lowest BCUT2D eigenvalue weighted by Crippen LogP contribution is -2.58. The topological polar surface area (TPSA) is 72.2 Å². The first-order valence-electron chi connectivity index (χ1n) is 7.38. The molecule has 7 nitrogen and oxygen atoms in total.